The monoisotopic (exact) mass is 244 g/mol. The van der Waals surface area contributed by atoms with E-state index in [1.807, 2.05) is 31.2 Å². The minimum Gasteiger partial charge on any atom is -0.293 e. The van der Waals surface area contributed by atoms with Gasteiger partial charge in [-0.3, -0.25) is 14.6 Å². The van der Waals surface area contributed by atoms with Crippen LogP contribution < -0.4 is 4.90 Å². The zero-order chi connectivity index (χ0) is 12.7. The van der Waals surface area contributed by atoms with E-state index in [0.717, 1.165) is 18.5 Å². The van der Waals surface area contributed by atoms with Crippen LogP contribution in [-0.4, -0.2) is 29.4 Å². The van der Waals surface area contributed by atoms with E-state index in [2.05, 4.69) is 0 Å². The molecule has 18 heavy (non-hydrogen) atoms. The van der Waals surface area contributed by atoms with Crippen LogP contribution in [0.5, 0.6) is 0 Å². The van der Waals surface area contributed by atoms with Gasteiger partial charge in [0.05, 0.1) is 0 Å². The summed E-state index contributed by atoms with van der Waals surface area (Å²) in [7, 11) is 0. The van der Waals surface area contributed by atoms with Crippen LogP contribution >= 0.6 is 0 Å². The van der Waals surface area contributed by atoms with Crippen molar-refractivity contribution in [1.29, 1.82) is 0 Å². The first-order chi connectivity index (χ1) is 8.66. The molecule has 0 atom stereocenters. The van der Waals surface area contributed by atoms with Gasteiger partial charge in [-0.15, -0.1) is 0 Å². The molecule has 4 nitrogen and oxygen atoms in total. The van der Waals surface area contributed by atoms with Gasteiger partial charge in [0.2, 0.25) is 5.91 Å². The number of hydrogen-bond acceptors (Lipinski definition) is 2. The number of amides is 3. The molecule has 1 aliphatic heterocycles. The van der Waals surface area contributed by atoms with Gasteiger partial charge in [0.15, 0.2) is 0 Å². The largest absolute Gasteiger partial charge is 0.331 e. The fraction of sp³-hybridized carbons (Fsp3) is 0.429. The number of aryl methyl sites for hydroxylation is 1. The van der Waals surface area contributed by atoms with Gasteiger partial charge in [-0.2, -0.15) is 0 Å². The molecule has 0 spiro atoms. The topological polar surface area (TPSA) is 40.6 Å². The van der Waals surface area contributed by atoms with Crippen molar-refractivity contribution in [2.24, 2.45) is 0 Å². The maximum absolute atomic E-state index is 12.3. The summed E-state index contributed by atoms with van der Waals surface area (Å²) in [5, 5.41) is 0. The second kappa shape index (κ2) is 4.12. The number of carbonyl (C=O) groups is 2. The Kier molecular flexibility index (Phi) is 2.58. The molecule has 0 aromatic heterocycles. The van der Waals surface area contributed by atoms with E-state index < -0.39 is 0 Å². The Hall–Kier alpha value is -1.84. The molecular weight excluding hydrogens is 228 g/mol. The summed E-state index contributed by atoms with van der Waals surface area (Å²) in [6.45, 7) is 2.51. The molecule has 1 heterocycles. The predicted molar refractivity (Wildman–Crippen MR) is 68.4 cm³/mol. The van der Waals surface area contributed by atoms with Crippen LogP contribution in [0.1, 0.15) is 24.8 Å². The third kappa shape index (κ3) is 1.88. The van der Waals surface area contributed by atoms with Crippen molar-refractivity contribution in [3.8, 4) is 0 Å². The van der Waals surface area contributed by atoms with Crippen LogP contribution in [0, 0.1) is 6.92 Å². The maximum atomic E-state index is 12.3. The standard InChI is InChI=1S/C14H16N2O2/c1-10-2-4-11(5-3-10)15-9-8-13(17)16(14(15)18)12-6-7-12/h2-5,12H,6-9H2,1H3. The first kappa shape index (κ1) is 11.3. The first-order valence-corrected chi connectivity index (χ1v) is 6.37. The molecule has 1 aliphatic carbocycles. The number of nitrogens with zero attached hydrogens (tertiary/aromatic N) is 2. The number of anilines is 1. The fourth-order valence-electron chi connectivity index (χ4n) is 2.32. The van der Waals surface area contributed by atoms with Crippen LogP contribution in [0.2, 0.25) is 0 Å². The highest BCUT2D eigenvalue weighted by atomic mass is 16.2. The van der Waals surface area contributed by atoms with E-state index in [-0.39, 0.29) is 18.0 Å². The Morgan fingerprint density at radius 3 is 2.39 bits per heavy atom. The van der Waals surface area contributed by atoms with Crippen molar-refractivity contribution in [2.75, 3.05) is 11.4 Å². The molecular formula is C14H16N2O2. The molecule has 2 fully saturated rings. The summed E-state index contributed by atoms with van der Waals surface area (Å²) in [6, 6.07) is 7.85. The van der Waals surface area contributed by atoms with E-state index in [4.69, 9.17) is 0 Å². The number of urea groups is 1. The van der Waals surface area contributed by atoms with Crippen molar-refractivity contribution in [3.63, 3.8) is 0 Å². The van der Waals surface area contributed by atoms with Gasteiger partial charge >= 0.3 is 6.03 Å². The highest BCUT2D eigenvalue weighted by Gasteiger charge is 2.42. The van der Waals surface area contributed by atoms with E-state index in [1.165, 1.54) is 10.5 Å². The summed E-state index contributed by atoms with van der Waals surface area (Å²) >= 11 is 0. The summed E-state index contributed by atoms with van der Waals surface area (Å²) in [4.78, 5) is 27.3. The quantitative estimate of drug-likeness (QED) is 0.801. The van der Waals surface area contributed by atoms with E-state index in [0.29, 0.717) is 13.0 Å². The Morgan fingerprint density at radius 1 is 1.11 bits per heavy atom. The Balaban J connectivity index is 1.86. The summed E-state index contributed by atoms with van der Waals surface area (Å²) in [5.41, 5.74) is 2.04. The van der Waals surface area contributed by atoms with E-state index >= 15 is 0 Å². The lowest BCUT2D eigenvalue weighted by Crippen LogP contribution is -2.53. The average molecular weight is 244 g/mol. The maximum Gasteiger partial charge on any atom is 0.331 e. The number of carbonyl (C=O) groups excluding carboxylic acids is 2. The van der Waals surface area contributed by atoms with Crippen LogP contribution in [-0.2, 0) is 4.79 Å². The predicted octanol–water partition coefficient (Wildman–Crippen LogP) is 2.32. The minimum atomic E-state index is -0.155. The Labute approximate surface area is 106 Å². The molecule has 2 aliphatic rings. The van der Waals surface area contributed by atoms with Crippen molar-refractivity contribution in [3.05, 3.63) is 29.8 Å². The van der Waals surface area contributed by atoms with Gasteiger partial charge in [0.25, 0.3) is 0 Å². The molecule has 3 amide bonds. The molecule has 1 saturated carbocycles. The molecule has 94 valence electrons. The number of benzene rings is 1. The smallest absolute Gasteiger partial charge is 0.293 e. The highest BCUT2D eigenvalue weighted by molar-refractivity contribution is 6.06. The SMILES string of the molecule is Cc1ccc(N2CCC(=O)N(C3CC3)C2=O)cc1. The molecule has 1 aromatic carbocycles. The van der Waals surface area contributed by atoms with Gasteiger partial charge in [-0.25, -0.2) is 4.79 Å². The van der Waals surface area contributed by atoms with Gasteiger partial charge < -0.3 is 0 Å². The number of rotatable bonds is 2. The van der Waals surface area contributed by atoms with Gasteiger partial charge in [-0.05, 0) is 31.9 Å². The summed E-state index contributed by atoms with van der Waals surface area (Å²) in [5.74, 6) is -0.0224. The van der Waals surface area contributed by atoms with Gasteiger partial charge in [0.1, 0.15) is 0 Å². The minimum absolute atomic E-state index is 0.0224. The van der Waals surface area contributed by atoms with E-state index in [9.17, 15) is 9.59 Å². The molecule has 1 saturated heterocycles. The van der Waals surface area contributed by atoms with Gasteiger partial charge in [0, 0.05) is 24.7 Å². The zero-order valence-electron chi connectivity index (χ0n) is 10.4. The van der Waals surface area contributed by atoms with Crippen molar-refractivity contribution in [1.82, 2.24) is 4.90 Å². The molecule has 3 rings (SSSR count). The summed E-state index contributed by atoms with van der Waals surface area (Å²) in [6.07, 6.45) is 2.34. The van der Waals surface area contributed by atoms with Crippen molar-refractivity contribution in [2.45, 2.75) is 32.2 Å². The lowest BCUT2D eigenvalue weighted by molar-refractivity contribution is -0.129. The highest BCUT2D eigenvalue weighted by Crippen LogP contribution is 2.31. The van der Waals surface area contributed by atoms with Gasteiger partial charge in [-0.1, -0.05) is 17.7 Å². The van der Waals surface area contributed by atoms with Crippen LogP contribution in [0.15, 0.2) is 24.3 Å². The zero-order valence-corrected chi connectivity index (χ0v) is 10.4. The number of imide groups is 1. The molecule has 0 bridgehead atoms. The molecule has 0 N–H and O–H groups in total. The Bertz CT molecular complexity index is 491. The van der Waals surface area contributed by atoms with Crippen LogP contribution in [0.4, 0.5) is 10.5 Å². The summed E-state index contributed by atoms with van der Waals surface area (Å²) < 4.78 is 0. The van der Waals surface area contributed by atoms with Crippen molar-refractivity contribution >= 4 is 17.6 Å². The van der Waals surface area contributed by atoms with Crippen LogP contribution in [0.3, 0.4) is 0 Å². The lowest BCUT2D eigenvalue weighted by atomic mass is 10.2. The van der Waals surface area contributed by atoms with Crippen molar-refractivity contribution < 1.29 is 9.59 Å². The first-order valence-electron chi connectivity index (χ1n) is 6.37. The molecule has 1 aromatic rings. The van der Waals surface area contributed by atoms with Crippen LogP contribution in [0.25, 0.3) is 0 Å². The third-order valence-electron chi connectivity index (χ3n) is 3.51. The molecule has 0 unspecified atom stereocenters. The second-order valence-electron chi connectivity index (χ2n) is 5.01. The lowest BCUT2D eigenvalue weighted by Gasteiger charge is -2.34. The third-order valence-corrected chi connectivity index (χ3v) is 3.51. The molecule has 0 radical (unpaired) electrons. The average Bonchev–Trinajstić information content (AvgIpc) is 3.15. The molecule has 4 heteroatoms. The van der Waals surface area contributed by atoms with E-state index in [1.54, 1.807) is 4.90 Å². The fourth-order valence-corrected chi connectivity index (χ4v) is 2.32. The normalized spacial score (nSPS) is 20.5. The number of hydrogen-bond donors (Lipinski definition) is 0. The second-order valence-corrected chi connectivity index (χ2v) is 5.01. The Morgan fingerprint density at radius 2 is 1.78 bits per heavy atom.